The molecule has 0 fully saturated rings. The van der Waals surface area contributed by atoms with Crippen LogP contribution in [-0.2, 0) is 0 Å². The third kappa shape index (κ3) is 2.51. The average molecular weight is 236 g/mol. The van der Waals surface area contributed by atoms with E-state index in [2.05, 4.69) is 21.2 Å². The van der Waals surface area contributed by atoms with E-state index in [1.165, 1.54) is 18.4 Å². The van der Waals surface area contributed by atoms with Crippen LogP contribution < -0.4 is 10.1 Å². The molecule has 0 radical (unpaired) electrons. The molecular weight excluding hydrogens is 230 g/mol. The molecule has 0 bridgehead atoms. The number of carbonyl (C=O) groups is 1. The number of amides is 1. The van der Waals surface area contributed by atoms with Gasteiger partial charge in [0.2, 0.25) is 0 Å². The van der Waals surface area contributed by atoms with Crippen LogP contribution in [0.5, 0.6) is 5.06 Å². The molecular formula is C6H6BrNO2S. The van der Waals surface area contributed by atoms with E-state index in [0.717, 1.165) is 3.79 Å². The fourth-order valence-corrected chi connectivity index (χ4v) is 1.69. The summed E-state index contributed by atoms with van der Waals surface area (Å²) in [6, 6.07) is 3.55. The van der Waals surface area contributed by atoms with Crippen LogP contribution in [-0.4, -0.2) is 13.1 Å². The van der Waals surface area contributed by atoms with E-state index >= 15 is 0 Å². The maximum Gasteiger partial charge on any atom is 0.413 e. The predicted molar refractivity (Wildman–Crippen MR) is 47.1 cm³/mol. The van der Waals surface area contributed by atoms with Crippen LogP contribution in [0.25, 0.3) is 0 Å². The van der Waals surface area contributed by atoms with Crippen molar-refractivity contribution in [3.63, 3.8) is 0 Å². The highest BCUT2D eigenvalue weighted by Crippen LogP contribution is 2.28. The van der Waals surface area contributed by atoms with Gasteiger partial charge >= 0.3 is 6.09 Å². The van der Waals surface area contributed by atoms with Crippen LogP contribution >= 0.6 is 27.3 Å². The minimum Gasteiger partial charge on any atom is -0.399 e. The number of ether oxygens (including phenoxy) is 1. The number of hydrogen-bond acceptors (Lipinski definition) is 3. The Hall–Kier alpha value is -0.550. The lowest BCUT2D eigenvalue weighted by Crippen LogP contribution is -2.21. The SMILES string of the molecule is CNC(=O)Oc1ccc(Br)s1. The van der Waals surface area contributed by atoms with Gasteiger partial charge in [-0.05, 0) is 28.1 Å². The summed E-state index contributed by atoms with van der Waals surface area (Å²) >= 11 is 4.62. The van der Waals surface area contributed by atoms with Crippen molar-refractivity contribution in [3.05, 3.63) is 15.9 Å². The first-order chi connectivity index (χ1) is 5.22. The smallest absolute Gasteiger partial charge is 0.399 e. The number of carbonyl (C=O) groups excluding carboxylic acids is 1. The Labute approximate surface area is 76.5 Å². The summed E-state index contributed by atoms with van der Waals surface area (Å²) in [5, 5.41) is 2.93. The van der Waals surface area contributed by atoms with Crippen molar-refractivity contribution in [2.24, 2.45) is 0 Å². The Kier molecular flexibility index (Phi) is 2.90. The fourth-order valence-electron chi connectivity index (χ4n) is 0.495. The van der Waals surface area contributed by atoms with Gasteiger partial charge in [-0.3, -0.25) is 0 Å². The van der Waals surface area contributed by atoms with Crippen molar-refractivity contribution in [1.82, 2.24) is 5.32 Å². The molecule has 60 valence electrons. The normalized spacial score (nSPS) is 9.27. The zero-order chi connectivity index (χ0) is 8.27. The first-order valence-corrected chi connectivity index (χ1v) is 4.48. The van der Waals surface area contributed by atoms with Gasteiger partial charge in [-0.2, -0.15) is 0 Å². The zero-order valence-electron chi connectivity index (χ0n) is 5.76. The van der Waals surface area contributed by atoms with Gasteiger partial charge < -0.3 is 10.1 Å². The Bertz CT molecular complexity index is 261. The van der Waals surface area contributed by atoms with Crippen LogP contribution in [0.2, 0.25) is 0 Å². The average Bonchev–Trinajstić information content (AvgIpc) is 2.35. The Morgan fingerprint density at radius 1 is 1.73 bits per heavy atom. The summed E-state index contributed by atoms with van der Waals surface area (Å²) in [5.41, 5.74) is 0. The first-order valence-electron chi connectivity index (χ1n) is 2.87. The molecule has 11 heavy (non-hydrogen) atoms. The van der Waals surface area contributed by atoms with Gasteiger partial charge in [0.1, 0.15) is 0 Å². The molecule has 1 amide bonds. The molecule has 1 aromatic rings. The molecule has 1 aromatic heterocycles. The van der Waals surface area contributed by atoms with Crippen LogP contribution in [0, 0.1) is 0 Å². The highest BCUT2D eigenvalue weighted by molar-refractivity contribution is 9.11. The standard InChI is InChI=1S/C6H6BrNO2S/c1-8-6(9)10-5-3-2-4(7)11-5/h2-3H,1H3,(H,8,9). The van der Waals surface area contributed by atoms with Crippen molar-refractivity contribution in [2.75, 3.05) is 7.05 Å². The van der Waals surface area contributed by atoms with E-state index in [-0.39, 0.29) is 0 Å². The quantitative estimate of drug-likeness (QED) is 0.811. The minimum atomic E-state index is -0.445. The summed E-state index contributed by atoms with van der Waals surface area (Å²) in [6.45, 7) is 0. The van der Waals surface area contributed by atoms with E-state index in [0.29, 0.717) is 5.06 Å². The van der Waals surface area contributed by atoms with Crippen molar-refractivity contribution in [2.45, 2.75) is 0 Å². The van der Waals surface area contributed by atoms with Gasteiger partial charge in [-0.15, -0.1) is 0 Å². The molecule has 0 spiro atoms. The molecule has 0 aromatic carbocycles. The zero-order valence-corrected chi connectivity index (χ0v) is 8.16. The van der Waals surface area contributed by atoms with Gasteiger partial charge in [-0.25, -0.2) is 4.79 Å². The molecule has 1 rings (SSSR count). The lowest BCUT2D eigenvalue weighted by atomic mass is 10.6. The maximum absolute atomic E-state index is 10.6. The fraction of sp³-hybridized carbons (Fsp3) is 0.167. The van der Waals surface area contributed by atoms with E-state index in [1.807, 2.05) is 6.07 Å². The van der Waals surface area contributed by atoms with Crippen LogP contribution in [0.15, 0.2) is 15.9 Å². The third-order valence-corrected chi connectivity index (χ3v) is 2.45. The monoisotopic (exact) mass is 235 g/mol. The number of halogens is 1. The van der Waals surface area contributed by atoms with Gasteiger partial charge in [0.05, 0.1) is 3.79 Å². The molecule has 0 aliphatic rings. The van der Waals surface area contributed by atoms with Crippen molar-refractivity contribution < 1.29 is 9.53 Å². The lowest BCUT2D eigenvalue weighted by Gasteiger charge is -1.97. The highest BCUT2D eigenvalue weighted by atomic mass is 79.9. The third-order valence-electron chi connectivity index (χ3n) is 0.946. The molecule has 0 aliphatic carbocycles. The number of nitrogens with one attached hydrogen (secondary N) is 1. The second-order valence-electron chi connectivity index (χ2n) is 1.70. The predicted octanol–water partition coefficient (Wildman–Crippen LogP) is 2.23. The van der Waals surface area contributed by atoms with Gasteiger partial charge in [0, 0.05) is 7.05 Å². The van der Waals surface area contributed by atoms with Crippen LogP contribution in [0.3, 0.4) is 0 Å². The highest BCUT2D eigenvalue weighted by Gasteiger charge is 2.02. The van der Waals surface area contributed by atoms with Crippen molar-refractivity contribution >= 4 is 33.4 Å². The van der Waals surface area contributed by atoms with Crippen LogP contribution in [0.1, 0.15) is 0 Å². The summed E-state index contributed by atoms with van der Waals surface area (Å²) in [4.78, 5) is 10.6. The van der Waals surface area contributed by atoms with Gasteiger partial charge in [0.25, 0.3) is 0 Å². The first kappa shape index (κ1) is 8.55. The molecule has 0 atom stereocenters. The van der Waals surface area contributed by atoms with Gasteiger partial charge in [0.15, 0.2) is 5.06 Å². The molecule has 1 heterocycles. The lowest BCUT2D eigenvalue weighted by molar-refractivity contribution is 0.204. The summed E-state index contributed by atoms with van der Waals surface area (Å²) in [6.07, 6.45) is -0.445. The molecule has 5 heteroatoms. The Morgan fingerprint density at radius 3 is 2.91 bits per heavy atom. The summed E-state index contributed by atoms with van der Waals surface area (Å²) in [5.74, 6) is 0. The number of thiophene rings is 1. The molecule has 0 saturated heterocycles. The number of rotatable bonds is 1. The molecule has 0 unspecified atom stereocenters. The van der Waals surface area contributed by atoms with Crippen molar-refractivity contribution in [3.8, 4) is 5.06 Å². The minimum absolute atomic E-state index is 0.445. The van der Waals surface area contributed by atoms with Crippen LogP contribution in [0.4, 0.5) is 4.79 Å². The van der Waals surface area contributed by atoms with Crippen molar-refractivity contribution in [1.29, 1.82) is 0 Å². The van der Waals surface area contributed by atoms with Gasteiger partial charge in [-0.1, -0.05) is 11.3 Å². The summed E-state index contributed by atoms with van der Waals surface area (Å²) in [7, 11) is 1.52. The largest absolute Gasteiger partial charge is 0.413 e. The topological polar surface area (TPSA) is 38.3 Å². The van der Waals surface area contributed by atoms with E-state index in [4.69, 9.17) is 4.74 Å². The number of hydrogen-bond donors (Lipinski definition) is 1. The molecule has 3 nitrogen and oxygen atoms in total. The van der Waals surface area contributed by atoms with E-state index in [1.54, 1.807) is 6.07 Å². The second kappa shape index (κ2) is 3.73. The molecule has 1 N–H and O–H groups in total. The van der Waals surface area contributed by atoms with E-state index < -0.39 is 6.09 Å². The van der Waals surface area contributed by atoms with E-state index in [9.17, 15) is 4.79 Å². The Balaban J connectivity index is 2.57. The molecule has 0 saturated carbocycles. The maximum atomic E-state index is 10.6. The second-order valence-corrected chi connectivity index (χ2v) is 4.12. The Morgan fingerprint density at radius 2 is 2.45 bits per heavy atom. The summed E-state index contributed by atoms with van der Waals surface area (Å²) < 4.78 is 5.76. The molecule has 0 aliphatic heterocycles.